The van der Waals surface area contributed by atoms with Crippen molar-refractivity contribution >= 4 is 27.5 Å². The lowest BCUT2D eigenvalue weighted by molar-refractivity contribution is 0.0595. The fraction of sp³-hybridized carbons (Fsp3) is 0.316. The molecule has 128 valence electrons. The van der Waals surface area contributed by atoms with Crippen molar-refractivity contribution in [1.29, 1.82) is 0 Å². The van der Waals surface area contributed by atoms with Crippen LogP contribution in [0.4, 0.5) is 0 Å². The maximum atomic E-state index is 12.5. The van der Waals surface area contributed by atoms with Gasteiger partial charge in [0.25, 0.3) is 11.1 Å². The number of para-hydroxylation sites is 1. The summed E-state index contributed by atoms with van der Waals surface area (Å²) >= 11 is 1.59. The van der Waals surface area contributed by atoms with E-state index in [2.05, 4.69) is 29.0 Å². The first-order chi connectivity index (χ1) is 12.2. The van der Waals surface area contributed by atoms with Gasteiger partial charge in [-0.05, 0) is 30.7 Å². The Balaban J connectivity index is 1.38. The van der Waals surface area contributed by atoms with Crippen LogP contribution in [0, 0.1) is 6.92 Å². The number of benzene rings is 1. The fourth-order valence-electron chi connectivity index (χ4n) is 3.11. The number of nitrogens with zero attached hydrogens (tertiary/aromatic N) is 3. The summed E-state index contributed by atoms with van der Waals surface area (Å²) in [5, 5.41) is 0.723. The van der Waals surface area contributed by atoms with Crippen LogP contribution in [-0.4, -0.2) is 40.0 Å². The lowest BCUT2D eigenvalue weighted by Gasteiger charge is -2.31. The smallest absolute Gasteiger partial charge is 0.274 e. The van der Waals surface area contributed by atoms with Crippen LogP contribution >= 0.6 is 11.3 Å². The number of aromatic nitrogens is 2. The number of hydrogen-bond acceptors (Lipinski definition) is 5. The molecule has 1 aliphatic rings. The van der Waals surface area contributed by atoms with E-state index in [1.807, 2.05) is 11.0 Å². The summed E-state index contributed by atoms with van der Waals surface area (Å²) in [4.78, 5) is 23.0. The molecule has 1 amide bonds. The van der Waals surface area contributed by atoms with E-state index in [9.17, 15) is 4.79 Å². The maximum absolute atomic E-state index is 12.5. The molecule has 0 N–H and O–H groups in total. The largest absolute Gasteiger partial charge is 0.467 e. The standard InChI is InChI=1S/C19H19N3O2S/c1-13-4-2-6-16-17(13)21-19(25-16)24-15-7-10-22(11-8-15)18(23)14-5-3-9-20-12-14/h2-6,9,12,15H,7-8,10-11H2,1H3. The summed E-state index contributed by atoms with van der Waals surface area (Å²) in [5.41, 5.74) is 2.83. The molecule has 0 atom stereocenters. The molecule has 25 heavy (non-hydrogen) atoms. The number of ether oxygens (including phenoxy) is 1. The summed E-state index contributed by atoms with van der Waals surface area (Å²) in [6, 6.07) is 9.78. The van der Waals surface area contributed by atoms with Crippen molar-refractivity contribution in [2.24, 2.45) is 0 Å². The summed E-state index contributed by atoms with van der Waals surface area (Å²) < 4.78 is 7.24. The van der Waals surface area contributed by atoms with Gasteiger partial charge in [-0.3, -0.25) is 9.78 Å². The van der Waals surface area contributed by atoms with Crippen molar-refractivity contribution in [2.45, 2.75) is 25.9 Å². The predicted octanol–water partition coefficient (Wildman–Crippen LogP) is 3.68. The highest BCUT2D eigenvalue weighted by Crippen LogP contribution is 2.31. The zero-order valence-electron chi connectivity index (χ0n) is 14.0. The molecule has 3 heterocycles. The molecule has 5 nitrogen and oxygen atoms in total. The molecule has 4 rings (SSSR count). The highest BCUT2D eigenvalue weighted by Gasteiger charge is 2.25. The van der Waals surface area contributed by atoms with Gasteiger partial charge in [0.05, 0.1) is 15.8 Å². The molecule has 0 bridgehead atoms. The number of aryl methyl sites for hydroxylation is 1. The number of thiazole rings is 1. The van der Waals surface area contributed by atoms with Crippen molar-refractivity contribution in [3.63, 3.8) is 0 Å². The first-order valence-corrected chi connectivity index (χ1v) is 9.24. The average Bonchev–Trinajstić information content (AvgIpc) is 3.06. The molecule has 6 heteroatoms. The Bertz CT molecular complexity index is 886. The van der Waals surface area contributed by atoms with Crippen LogP contribution in [0.2, 0.25) is 0 Å². The molecule has 0 spiro atoms. The summed E-state index contributed by atoms with van der Waals surface area (Å²) in [6.07, 6.45) is 5.05. The molecule has 0 saturated carbocycles. The molecule has 1 aliphatic heterocycles. The first-order valence-electron chi connectivity index (χ1n) is 8.43. The van der Waals surface area contributed by atoms with Crippen molar-refractivity contribution in [1.82, 2.24) is 14.9 Å². The van der Waals surface area contributed by atoms with Crippen LogP contribution in [0.15, 0.2) is 42.7 Å². The van der Waals surface area contributed by atoms with Crippen LogP contribution < -0.4 is 4.74 Å². The highest BCUT2D eigenvalue weighted by atomic mass is 32.1. The zero-order chi connectivity index (χ0) is 17.2. The van der Waals surface area contributed by atoms with Gasteiger partial charge in [-0.2, -0.15) is 0 Å². The van der Waals surface area contributed by atoms with Crippen LogP contribution in [-0.2, 0) is 0 Å². The third-order valence-corrected chi connectivity index (χ3v) is 5.42. The van der Waals surface area contributed by atoms with E-state index >= 15 is 0 Å². The van der Waals surface area contributed by atoms with Crippen molar-refractivity contribution in [2.75, 3.05) is 13.1 Å². The third-order valence-electron chi connectivity index (χ3n) is 4.51. The zero-order valence-corrected chi connectivity index (χ0v) is 14.8. The second kappa shape index (κ2) is 6.80. The van der Waals surface area contributed by atoms with E-state index in [0.29, 0.717) is 18.7 Å². The number of carbonyl (C=O) groups excluding carboxylic acids is 1. The van der Waals surface area contributed by atoms with Gasteiger partial charge in [0.2, 0.25) is 0 Å². The normalized spacial score (nSPS) is 15.5. The average molecular weight is 353 g/mol. The lowest BCUT2D eigenvalue weighted by atomic mass is 10.1. The molecule has 0 unspecified atom stereocenters. The maximum Gasteiger partial charge on any atom is 0.274 e. The molecule has 1 aromatic carbocycles. The van der Waals surface area contributed by atoms with Gasteiger partial charge in [0.1, 0.15) is 6.10 Å². The van der Waals surface area contributed by atoms with Gasteiger partial charge in [-0.15, -0.1) is 0 Å². The predicted molar refractivity (Wildman–Crippen MR) is 98.1 cm³/mol. The number of rotatable bonds is 3. The van der Waals surface area contributed by atoms with Crippen molar-refractivity contribution in [3.8, 4) is 5.19 Å². The Morgan fingerprint density at radius 3 is 2.80 bits per heavy atom. The second-order valence-corrected chi connectivity index (χ2v) is 7.25. The Hall–Kier alpha value is -2.47. The minimum Gasteiger partial charge on any atom is -0.467 e. The van der Waals surface area contributed by atoms with E-state index in [1.54, 1.807) is 35.9 Å². The quantitative estimate of drug-likeness (QED) is 0.721. The Kier molecular flexibility index (Phi) is 4.36. The monoisotopic (exact) mass is 353 g/mol. The molecule has 3 aromatic rings. The van der Waals surface area contributed by atoms with Crippen LogP contribution in [0.3, 0.4) is 0 Å². The Morgan fingerprint density at radius 2 is 2.08 bits per heavy atom. The highest BCUT2D eigenvalue weighted by molar-refractivity contribution is 7.20. The minimum atomic E-state index is 0.0437. The summed E-state index contributed by atoms with van der Waals surface area (Å²) in [6.45, 7) is 3.46. The number of pyridine rings is 1. The van der Waals surface area contributed by atoms with Gasteiger partial charge >= 0.3 is 0 Å². The van der Waals surface area contributed by atoms with Crippen LogP contribution in [0.1, 0.15) is 28.8 Å². The van der Waals surface area contributed by atoms with E-state index in [1.165, 1.54) is 5.56 Å². The molecule has 0 radical (unpaired) electrons. The summed E-state index contributed by atoms with van der Waals surface area (Å²) in [5.74, 6) is 0.0437. The molecule has 2 aromatic heterocycles. The van der Waals surface area contributed by atoms with Gasteiger partial charge in [-0.25, -0.2) is 4.98 Å². The number of amides is 1. The van der Waals surface area contributed by atoms with E-state index in [0.717, 1.165) is 28.3 Å². The molecule has 1 fully saturated rings. The lowest BCUT2D eigenvalue weighted by Crippen LogP contribution is -2.41. The number of hydrogen-bond donors (Lipinski definition) is 0. The number of piperidine rings is 1. The Morgan fingerprint density at radius 1 is 1.24 bits per heavy atom. The molecule has 1 saturated heterocycles. The number of fused-ring (bicyclic) bond motifs is 1. The molecule has 0 aliphatic carbocycles. The van der Waals surface area contributed by atoms with Crippen molar-refractivity contribution in [3.05, 3.63) is 53.9 Å². The van der Waals surface area contributed by atoms with Gasteiger partial charge in [-0.1, -0.05) is 23.5 Å². The Labute approximate surface area is 150 Å². The van der Waals surface area contributed by atoms with Crippen LogP contribution in [0.5, 0.6) is 5.19 Å². The molecular formula is C19H19N3O2S. The van der Waals surface area contributed by atoms with Gasteiger partial charge in [0.15, 0.2) is 0 Å². The fourth-order valence-corrected chi connectivity index (χ4v) is 4.07. The third kappa shape index (κ3) is 3.35. The van der Waals surface area contributed by atoms with Gasteiger partial charge < -0.3 is 9.64 Å². The molecular weight excluding hydrogens is 334 g/mol. The van der Waals surface area contributed by atoms with E-state index in [-0.39, 0.29) is 12.0 Å². The second-order valence-electron chi connectivity index (χ2n) is 6.25. The van der Waals surface area contributed by atoms with E-state index < -0.39 is 0 Å². The van der Waals surface area contributed by atoms with Gasteiger partial charge in [0, 0.05) is 38.3 Å². The number of carbonyl (C=O) groups is 1. The minimum absolute atomic E-state index is 0.0437. The summed E-state index contributed by atoms with van der Waals surface area (Å²) in [7, 11) is 0. The SMILES string of the molecule is Cc1cccc2sc(OC3CCN(C(=O)c4cccnc4)CC3)nc12. The van der Waals surface area contributed by atoms with E-state index in [4.69, 9.17) is 4.74 Å². The number of likely N-dealkylation sites (tertiary alicyclic amines) is 1. The van der Waals surface area contributed by atoms with Crippen molar-refractivity contribution < 1.29 is 9.53 Å². The van der Waals surface area contributed by atoms with Crippen LogP contribution in [0.25, 0.3) is 10.2 Å². The topological polar surface area (TPSA) is 55.3 Å². The first kappa shape index (κ1) is 16.0.